The van der Waals surface area contributed by atoms with Gasteiger partial charge in [0.05, 0.1) is 10.8 Å². The molecule has 0 bridgehead atoms. The molecule has 0 heterocycles. The summed E-state index contributed by atoms with van der Waals surface area (Å²) in [4.78, 5) is 0. The van der Waals surface area contributed by atoms with Crippen molar-refractivity contribution in [2.24, 2.45) is 0 Å². The lowest BCUT2D eigenvalue weighted by Gasteiger charge is -2.09. The minimum atomic E-state index is -0.223. The molecular weight excluding hydrogens is 270 g/mol. The minimum Gasteiger partial charge on any atom is -0.158 e. The van der Waals surface area contributed by atoms with Crippen LogP contribution >= 0.6 is 58.2 Å². The molecule has 0 aliphatic carbocycles. The second-order valence-corrected chi connectivity index (χ2v) is 5.47. The summed E-state index contributed by atoms with van der Waals surface area (Å²) >= 11 is 24.4. The van der Waals surface area contributed by atoms with Gasteiger partial charge >= 0.3 is 0 Å². The third kappa shape index (κ3) is 6.98. The van der Waals surface area contributed by atoms with Crippen molar-refractivity contribution in [3.05, 3.63) is 23.2 Å². The van der Waals surface area contributed by atoms with Gasteiger partial charge in [0.2, 0.25) is 0 Å². The number of alkyl halides is 2. The van der Waals surface area contributed by atoms with Gasteiger partial charge < -0.3 is 0 Å². The van der Waals surface area contributed by atoms with Crippen LogP contribution in [0, 0.1) is 0 Å². The maximum absolute atomic E-state index is 5.83. The lowest BCUT2D eigenvalue weighted by molar-refractivity contribution is 1.19. The van der Waals surface area contributed by atoms with Crippen LogP contribution in [0.2, 0.25) is 0 Å². The van der Waals surface area contributed by atoms with E-state index < -0.39 is 0 Å². The smallest absolute Gasteiger partial charge is 0.0776 e. The quantitative estimate of drug-likeness (QED) is 0.648. The van der Waals surface area contributed by atoms with Crippen LogP contribution in [0.3, 0.4) is 0 Å². The fourth-order valence-corrected chi connectivity index (χ4v) is 2.28. The number of hydrogen-bond acceptors (Lipinski definition) is 1. The van der Waals surface area contributed by atoms with E-state index in [-0.39, 0.29) is 10.8 Å². The van der Waals surface area contributed by atoms with Crippen LogP contribution in [-0.2, 0) is 0 Å². The Morgan fingerprint density at radius 1 is 1.00 bits per heavy atom. The summed E-state index contributed by atoms with van der Waals surface area (Å²) in [6.45, 7) is 7.06. The summed E-state index contributed by atoms with van der Waals surface area (Å²) in [6.07, 6.45) is 0. The summed E-state index contributed by atoms with van der Waals surface area (Å²) in [6, 6.07) is 0. The van der Waals surface area contributed by atoms with Gasteiger partial charge in [0, 0.05) is 21.6 Å². The van der Waals surface area contributed by atoms with E-state index in [1.54, 1.807) is 11.8 Å². The Balaban J connectivity index is 3.56. The number of rotatable bonds is 6. The van der Waals surface area contributed by atoms with Gasteiger partial charge in [0.25, 0.3) is 0 Å². The summed E-state index contributed by atoms with van der Waals surface area (Å²) in [5.41, 5.74) is 0. The fraction of sp³-hybridized carbons (Fsp3) is 0.500. The molecule has 0 N–H and O–H groups in total. The van der Waals surface area contributed by atoms with Crippen molar-refractivity contribution in [1.29, 1.82) is 0 Å². The summed E-state index contributed by atoms with van der Waals surface area (Å²) in [5.74, 6) is 1.36. The molecule has 13 heavy (non-hydrogen) atoms. The molecule has 0 aromatic carbocycles. The molecule has 0 saturated heterocycles. The highest BCUT2D eigenvalue weighted by Crippen LogP contribution is 2.22. The van der Waals surface area contributed by atoms with Gasteiger partial charge in [-0.05, 0) is 0 Å². The molecule has 0 aromatic heterocycles. The highest BCUT2D eigenvalue weighted by atomic mass is 35.5. The number of hydrogen-bond donors (Lipinski definition) is 0. The van der Waals surface area contributed by atoms with Crippen molar-refractivity contribution < 1.29 is 0 Å². The van der Waals surface area contributed by atoms with Crippen molar-refractivity contribution in [2.75, 3.05) is 11.5 Å². The van der Waals surface area contributed by atoms with Crippen LogP contribution in [0.1, 0.15) is 0 Å². The first-order valence-electron chi connectivity index (χ1n) is 3.49. The molecule has 0 fully saturated rings. The van der Waals surface area contributed by atoms with E-state index in [4.69, 9.17) is 46.4 Å². The maximum atomic E-state index is 5.83. The second kappa shape index (κ2) is 7.30. The third-order valence-electron chi connectivity index (χ3n) is 1.21. The molecule has 2 atom stereocenters. The molecule has 0 aliphatic heterocycles. The average molecular weight is 280 g/mol. The zero-order chi connectivity index (χ0) is 10.4. The molecule has 76 valence electrons. The molecule has 0 aliphatic rings. The summed E-state index contributed by atoms with van der Waals surface area (Å²) < 4.78 is 0. The van der Waals surface area contributed by atoms with Crippen LogP contribution in [0.5, 0.6) is 0 Å². The van der Waals surface area contributed by atoms with Crippen LogP contribution in [0.25, 0.3) is 0 Å². The topological polar surface area (TPSA) is 0 Å². The van der Waals surface area contributed by atoms with Gasteiger partial charge in [0.1, 0.15) is 0 Å². The third-order valence-corrected chi connectivity index (χ3v) is 4.30. The summed E-state index contributed by atoms with van der Waals surface area (Å²) in [5, 5.41) is 0.452. The number of halogens is 4. The monoisotopic (exact) mass is 278 g/mol. The predicted octanol–water partition coefficient (Wildman–Crippen LogP) is 4.44. The molecule has 0 radical (unpaired) electrons. The molecule has 0 rings (SSSR count). The largest absolute Gasteiger partial charge is 0.158 e. The van der Waals surface area contributed by atoms with Gasteiger partial charge in [-0.3, -0.25) is 0 Å². The van der Waals surface area contributed by atoms with Crippen LogP contribution in [0.15, 0.2) is 23.2 Å². The van der Waals surface area contributed by atoms with Gasteiger partial charge in [-0.15, -0.1) is 23.2 Å². The van der Waals surface area contributed by atoms with Crippen LogP contribution < -0.4 is 0 Å². The normalized spacial score (nSPS) is 15.1. The van der Waals surface area contributed by atoms with E-state index in [2.05, 4.69) is 13.2 Å². The van der Waals surface area contributed by atoms with E-state index in [1.807, 2.05) is 0 Å². The van der Waals surface area contributed by atoms with Gasteiger partial charge in [-0.25, -0.2) is 0 Å². The minimum absolute atomic E-state index is 0.223. The Bertz CT molecular complexity index is 173. The molecular formula is C8H10Cl4S. The zero-order valence-corrected chi connectivity index (χ0v) is 10.7. The molecule has 0 saturated carbocycles. The Labute approximate surface area is 103 Å². The van der Waals surface area contributed by atoms with Gasteiger partial charge in [0.15, 0.2) is 0 Å². The Kier molecular flexibility index (Phi) is 7.86. The standard InChI is InChI=1S/C8H10Cl4S/c1-5(9)7(11)3-13-4-8(12)6(2)10/h7-8H,1-4H2. The fourth-order valence-electron chi connectivity index (χ4n) is 0.456. The Morgan fingerprint density at radius 3 is 1.54 bits per heavy atom. The van der Waals surface area contributed by atoms with Crippen molar-refractivity contribution in [3.8, 4) is 0 Å². The molecule has 5 heteroatoms. The van der Waals surface area contributed by atoms with Crippen LogP contribution in [0.4, 0.5) is 0 Å². The van der Waals surface area contributed by atoms with Crippen molar-refractivity contribution >= 4 is 58.2 Å². The first-order chi connectivity index (χ1) is 5.95. The highest BCUT2D eigenvalue weighted by Gasteiger charge is 2.10. The van der Waals surface area contributed by atoms with E-state index in [1.165, 1.54) is 0 Å². The first kappa shape index (κ1) is 14.0. The predicted molar refractivity (Wildman–Crippen MR) is 66.6 cm³/mol. The van der Waals surface area contributed by atoms with Crippen molar-refractivity contribution in [1.82, 2.24) is 0 Å². The molecule has 0 spiro atoms. The number of thioether (sulfide) groups is 1. The van der Waals surface area contributed by atoms with Crippen LogP contribution in [-0.4, -0.2) is 22.3 Å². The van der Waals surface area contributed by atoms with E-state index in [9.17, 15) is 0 Å². The molecule has 0 amide bonds. The number of allylic oxidation sites excluding steroid dienone is 2. The molecule has 0 nitrogen and oxygen atoms in total. The highest BCUT2D eigenvalue weighted by molar-refractivity contribution is 7.99. The molecule has 2 unspecified atom stereocenters. The first-order valence-corrected chi connectivity index (χ1v) is 6.28. The van der Waals surface area contributed by atoms with Gasteiger partial charge in [-0.2, -0.15) is 11.8 Å². The maximum Gasteiger partial charge on any atom is 0.0776 e. The van der Waals surface area contributed by atoms with Crippen molar-refractivity contribution in [2.45, 2.75) is 10.8 Å². The van der Waals surface area contributed by atoms with E-state index in [0.29, 0.717) is 21.6 Å². The SMILES string of the molecule is C=C(Cl)C(Cl)CSCC(Cl)C(=C)Cl. The average Bonchev–Trinajstić information content (AvgIpc) is 2.03. The van der Waals surface area contributed by atoms with Crippen molar-refractivity contribution in [3.63, 3.8) is 0 Å². The summed E-state index contributed by atoms with van der Waals surface area (Å²) in [7, 11) is 0. The Morgan fingerprint density at radius 2 is 1.31 bits per heavy atom. The van der Waals surface area contributed by atoms with E-state index in [0.717, 1.165) is 0 Å². The lowest BCUT2D eigenvalue weighted by Crippen LogP contribution is -2.07. The zero-order valence-electron chi connectivity index (χ0n) is 6.90. The van der Waals surface area contributed by atoms with Gasteiger partial charge in [-0.1, -0.05) is 36.4 Å². The second-order valence-electron chi connectivity index (χ2n) is 2.37. The lowest BCUT2D eigenvalue weighted by atomic mass is 10.5. The Hall–Kier alpha value is 0.990. The molecule has 0 aromatic rings. The van der Waals surface area contributed by atoms with E-state index >= 15 is 0 Å².